The molecule has 2 aliphatic carbocycles. The van der Waals surface area contributed by atoms with Gasteiger partial charge in [-0.1, -0.05) is 12.1 Å². The molecule has 0 heterocycles. The molecule has 0 aliphatic heterocycles. The fraction of sp³-hybridized carbons (Fsp3) is 0.562. The van der Waals surface area contributed by atoms with Gasteiger partial charge in [0.15, 0.2) is 0 Å². The highest BCUT2D eigenvalue weighted by Gasteiger charge is 2.34. The minimum Gasteiger partial charge on any atom is -0.490 e. The van der Waals surface area contributed by atoms with E-state index in [4.69, 9.17) is 9.84 Å². The summed E-state index contributed by atoms with van der Waals surface area (Å²) in [5, 5.41) is 9.05. The van der Waals surface area contributed by atoms with Gasteiger partial charge in [0.1, 0.15) is 5.75 Å². The zero-order chi connectivity index (χ0) is 13.2. The predicted octanol–water partition coefficient (Wildman–Crippen LogP) is 3.59. The summed E-state index contributed by atoms with van der Waals surface area (Å²) in [6.45, 7) is 0. The molecule has 3 nitrogen and oxygen atoms in total. The fourth-order valence-electron chi connectivity index (χ4n) is 2.74. The highest BCUT2D eigenvalue weighted by molar-refractivity contribution is 5.68. The lowest BCUT2D eigenvalue weighted by Crippen LogP contribution is -2.24. The zero-order valence-corrected chi connectivity index (χ0v) is 11.0. The monoisotopic (exact) mass is 260 g/mol. The highest BCUT2D eigenvalue weighted by atomic mass is 16.5. The van der Waals surface area contributed by atoms with Crippen molar-refractivity contribution in [2.45, 2.75) is 50.5 Å². The summed E-state index contributed by atoms with van der Waals surface area (Å²) in [6.07, 6.45) is 6.47. The van der Waals surface area contributed by atoms with Crippen molar-refractivity contribution >= 4 is 5.97 Å². The van der Waals surface area contributed by atoms with Crippen LogP contribution >= 0.6 is 0 Å². The Balaban J connectivity index is 1.73. The summed E-state index contributed by atoms with van der Waals surface area (Å²) in [5.74, 6) is 0.901. The third-order valence-corrected chi connectivity index (χ3v) is 4.23. The first kappa shape index (κ1) is 12.5. The number of benzene rings is 1. The van der Waals surface area contributed by atoms with Gasteiger partial charge in [-0.2, -0.15) is 0 Å². The molecule has 0 saturated heterocycles. The van der Waals surface area contributed by atoms with E-state index < -0.39 is 5.97 Å². The highest BCUT2D eigenvalue weighted by Crippen LogP contribution is 2.45. The molecule has 2 saturated carbocycles. The van der Waals surface area contributed by atoms with Crippen LogP contribution in [0.25, 0.3) is 0 Å². The second kappa shape index (κ2) is 5.24. The first-order chi connectivity index (χ1) is 9.22. The van der Waals surface area contributed by atoms with Gasteiger partial charge in [0, 0.05) is 0 Å². The maximum atomic E-state index is 11.0. The van der Waals surface area contributed by atoms with E-state index in [9.17, 15) is 4.79 Å². The van der Waals surface area contributed by atoms with Crippen LogP contribution in [0.3, 0.4) is 0 Å². The third-order valence-electron chi connectivity index (χ3n) is 4.23. The van der Waals surface area contributed by atoms with Crippen LogP contribution in [0.5, 0.6) is 5.75 Å². The topological polar surface area (TPSA) is 46.5 Å². The van der Waals surface area contributed by atoms with Crippen molar-refractivity contribution in [1.82, 2.24) is 0 Å². The van der Waals surface area contributed by atoms with E-state index in [0.29, 0.717) is 12.0 Å². The molecule has 3 heteroatoms. The Morgan fingerprint density at radius 1 is 1.32 bits per heavy atom. The Kier molecular flexibility index (Phi) is 3.45. The van der Waals surface area contributed by atoms with E-state index >= 15 is 0 Å². The number of ether oxygens (including phenoxy) is 1. The summed E-state index contributed by atoms with van der Waals surface area (Å²) >= 11 is 0. The van der Waals surface area contributed by atoms with Crippen molar-refractivity contribution in [3.63, 3.8) is 0 Å². The van der Waals surface area contributed by atoms with Gasteiger partial charge in [0.2, 0.25) is 0 Å². The fourth-order valence-corrected chi connectivity index (χ4v) is 2.74. The van der Waals surface area contributed by atoms with Crippen LogP contribution in [0.2, 0.25) is 0 Å². The van der Waals surface area contributed by atoms with Gasteiger partial charge >= 0.3 is 5.97 Å². The minimum absolute atomic E-state index is 0.155. The summed E-state index contributed by atoms with van der Waals surface area (Å²) in [4.78, 5) is 11.0. The first-order valence-corrected chi connectivity index (χ1v) is 7.21. The number of carboxylic acid groups (broad SMARTS) is 1. The number of hydrogen-bond donors (Lipinski definition) is 1. The Labute approximate surface area is 113 Å². The number of rotatable bonds is 6. The predicted molar refractivity (Wildman–Crippen MR) is 72.4 cm³/mol. The zero-order valence-electron chi connectivity index (χ0n) is 11.0. The SMILES string of the molecule is O=C(O)CC(c1cccc(OC2CCC2)c1)C1CC1. The van der Waals surface area contributed by atoms with E-state index in [-0.39, 0.29) is 12.3 Å². The molecule has 102 valence electrons. The van der Waals surface area contributed by atoms with E-state index in [1.165, 1.54) is 6.42 Å². The van der Waals surface area contributed by atoms with Crippen LogP contribution in [0.15, 0.2) is 24.3 Å². The number of aliphatic carboxylic acids is 1. The molecule has 1 aromatic rings. The van der Waals surface area contributed by atoms with Crippen molar-refractivity contribution in [3.8, 4) is 5.75 Å². The lowest BCUT2D eigenvalue weighted by molar-refractivity contribution is -0.137. The van der Waals surface area contributed by atoms with Crippen molar-refractivity contribution in [2.24, 2.45) is 5.92 Å². The maximum Gasteiger partial charge on any atom is 0.303 e. The largest absolute Gasteiger partial charge is 0.490 e. The summed E-state index contributed by atoms with van der Waals surface area (Å²) in [5.41, 5.74) is 1.13. The molecular weight excluding hydrogens is 240 g/mol. The van der Waals surface area contributed by atoms with Crippen molar-refractivity contribution < 1.29 is 14.6 Å². The number of hydrogen-bond acceptors (Lipinski definition) is 2. The van der Waals surface area contributed by atoms with Crippen LogP contribution < -0.4 is 4.74 Å². The van der Waals surface area contributed by atoms with Crippen LogP contribution in [0.1, 0.15) is 50.0 Å². The van der Waals surface area contributed by atoms with Crippen molar-refractivity contribution in [2.75, 3.05) is 0 Å². The van der Waals surface area contributed by atoms with Crippen LogP contribution in [0.4, 0.5) is 0 Å². The molecule has 3 rings (SSSR count). The first-order valence-electron chi connectivity index (χ1n) is 7.21. The van der Waals surface area contributed by atoms with Gasteiger partial charge in [-0.3, -0.25) is 4.79 Å². The second-order valence-electron chi connectivity index (χ2n) is 5.79. The van der Waals surface area contributed by atoms with Crippen LogP contribution in [0, 0.1) is 5.92 Å². The minimum atomic E-state index is -0.706. The normalized spacial score (nSPS) is 20.6. The Morgan fingerprint density at radius 2 is 2.11 bits per heavy atom. The lowest BCUT2D eigenvalue weighted by Gasteiger charge is -2.27. The van der Waals surface area contributed by atoms with Gasteiger partial charge in [-0.15, -0.1) is 0 Å². The number of carboxylic acids is 1. The van der Waals surface area contributed by atoms with Gasteiger partial charge in [0.25, 0.3) is 0 Å². The van der Waals surface area contributed by atoms with Gasteiger partial charge in [-0.05, 0) is 61.6 Å². The summed E-state index contributed by atoms with van der Waals surface area (Å²) < 4.78 is 5.90. The lowest BCUT2D eigenvalue weighted by atomic mass is 9.91. The van der Waals surface area contributed by atoms with E-state index in [1.807, 2.05) is 24.3 Å². The maximum absolute atomic E-state index is 11.0. The Morgan fingerprint density at radius 3 is 2.68 bits per heavy atom. The molecule has 1 unspecified atom stereocenters. The molecule has 1 atom stereocenters. The number of carbonyl (C=O) groups is 1. The molecule has 1 N–H and O–H groups in total. The van der Waals surface area contributed by atoms with Crippen molar-refractivity contribution in [3.05, 3.63) is 29.8 Å². The molecule has 0 bridgehead atoms. The molecule has 0 aromatic heterocycles. The Hall–Kier alpha value is -1.51. The van der Waals surface area contributed by atoms with Crippen LogP contribution in [-0.4, -0.2) is 17.2 Å². The summed E-state index contributed by atoms with van der Waals surface area (Å²) in [7, 11) is 0. The molecule has 0 spiro atoms. The van der Waals surface area contributed by atoms with Gasteiger partial charge in [-0.25, -0.2) is 0 Å². The molecule has 2 aliphatic rings. The van der Waals surface area contributed by atoms with E-state index in [2.05, 4.69) is 0 Å². The third kappa shape index (κ3) is 3.09. The molecule has 19 heavy (non-hydrogen) atoms. The molecular formula is C16H20O3. The second-order valence-corrected chi connectivity index (χ2v) is 5.79. The molecule has 1 aromatic carbocycles. The Bertz CT molecular complexity index is 461. The molecule has 0 radical (unpaired) electrons. The average Bonchev–Trinajstić information content (AvgIpc) is 3.15. The molecule has 2 fully saturated rings. The van der Waals surface area contributed by atoms with E-state index in [0.717, 1.165) is 37.0 Å². The summed E-state index contributed by atoms with van der Waals surface area (Å²) in [6, 6.07) is 8.05. The van der Waals surface area contributed by atoms with Gasteiger partial charge < -0.3 is 9.84 Å². The molecule has 0 amide bonds. The van der Waals surface area contributed by atoms with E-state index in [1.54, 1.807) is 0 Å². The van der Waals surface area contributed by atoms with Gasteiger partial charge in [0.05, 0.1) is 12.5 Å². The van der Waals surface area contributed by atoms with Crippen molar-refractivity contribution in [1.29, 1.82) is 0 Å². The quantitative estimate of drug-likeness (QED) is 0.850. The smallest absolute Gasteiger partial charge is 0.303 e. The van der Waals surface area contributed by atoms with Crippen LogP contribution in [-0.2, 0) is 4.79 Å². The average molecular weight is 260 g/mol. The standard InChI is InChI=1S/C16H20O3/c17-16(18)10-15(11-7-8-11)12-3-1-6-14(9-12)19-13-4-2-5-13/h1,3,6,9,11,13,15H,2,4-5,7-8,10H2,(H,17,18).